The lowest BCUT2D eigenvalue weighted by Crippen LogP contribution is -1.92. The van der Waals surface area contributed by atoms with Gasteiger partial charge in [0.1, 0.15) is 11.6 Å². The quantitative estimate of drug-likeness (QED) is 0.821. The summed E-state index contributed by atoms with van der Waals surface area (Å²) in [5, 5.41) is 3.22. The highest BCUT2D eigenvalue weighted by Crippen LogP contribution is 2.26. The summed E-state index contributed by atoms with van der Waals surface area (Å²) in [6.45, 7) is 0. The molecular formula is C12H8ClF2N. The molecule has 0 atom stereocenters. The zero-order chi connectivity index (χ0) is 11.5. The SMILES string of the molecule is Fc1cccc(Nc2cc(F)ccc2Cl)c1. The molecule has 82 valence electrons. The molecule has 2 aromatic rings. The van der Waals surface area contributed by atoms with Crippen LogP contribution in [-0.2, 0) is 0 Å². The minimum atomic E-state index is -0.400. The van der Waals surface area contributed by atoms with Gasteiger partial charge in [0.15, 0.2) is 0 Å². The first kappa shape index (κ1) is 10.9. The van der Waals surface area contributed by atoms with E-state index in [-0.39, 0.29) is 5.82 Å². The number of nitrogens with one attached hydrogen (secondary N) is 1. The van der Waals surface area contributed by atoms with Crippen LogP contribution in [0.3, 0.4) is 0 Å². The zero-order valence-corrected chi connectivity index (χ0v) is 8.93. The van der Waals surface area contributed by atoms with Crippen LogP contribution in [0.4, 0.5) is 20.2 Å². The summed E-state index contributed by atoms with van der Waals surface area (Å²) in [6, 6.07) is 9.83. The Labute approximate surface area is 96.7 Å². The van der Waals surface area contributed by atoms with Gasteiger partial charge in [-0.05, 0) is 36.4 Å². The summed E-state index contributed by atoms with van der Waals surface area (Å²) in [5.74, 6) is -0.763. The lowest BCUT2D eigenvalue weighted by atomic mass is 10.2. The highest BCUT2D eigenvalue weighted by molar-refractivity contribution is 6.33. The lowest BCUT2D eigenvalue weighted by molar-refractivity contribution is 0.628. The lowest BCUT2D eigenvalue weighted by Gasteiger charge is -2.08. The number of anilines is 2. The van der Waals surface area contributed by atoms with Crippen LogP contribution in [0.2, 0.25) is 5.02 Å². The monoisotopic (exact) mass is 239 g/mol. The summed E-state index contributed by atoms with van der Waals surface area (Å²) >= 11 is 5.86. The molecule has 1 N–H and O–H groups in total. The van der Waals surface area contributed by atoms with Crippen molar-refractivity contribution in [1.82, 2.24) is 0 Å². The number of benzene rings is 2. The fourth-order valence-electron chi connectivity index (χ4n) is 1.32. The standard InChI is InChI=1S/C12H8ClF2N/c13-11-5-4-9(15)7-12(11)16-10-3-1-2-8(14)6-10/h1-7,16H. The second-order valence-corrected chi connectivity index (χ2v) is 3.67. The molecule has 0 aliphatic rings. The molecule has 2 rings (SSSR count). The van der Waals surface area contributed by atoms with Crippen LogP contribution in [-0.4, -0.2) is 0 Å². The van der Waals surface area contributed by atoms with Crippen molar-refractivity contribution in [2.24, 2.45) is 0 Å². The van der Waals surface area contributed by atoms with Gasteiger partial charge in [-0.3, -0.25) is 0 Å². The van der Waals surface area contributed by atoms with Crippen molar-refractivity contribution in [3.05, 3.63) is 59.1 Å². The summed E-state index contributed by atoms with van der Waals surface area (Å²) in [7, 11) is 0. The van der Waals surface area contributed by atoms with Gasteiger partial charge in [0.2, 0.25) is 0 Å². The Kier molecular flexibility index (Phi) is 3.06. The smallest absolute Gasteiger partial charge is 0.125 e. The minimum Gasteiger partial charge on any atom is -0.354 e. The normalized spacial score (nSPS) is 10.2. The number of hydrogen-bond donors (Lipinski definition) is 1. The maximum Gasteiger partial charge on any atom is 0.125 e. The van der Waals surface area contributed by atoms with Gasteiger partial charge in [-0.25, -0.2) is 8.78 Å². The first-order chi connectivity index (χ1) is 7.65. The van der Waals surface area contributed by atoms with Gasteiger partial charge >= 0.3 is 0 Å². The Morgan fingerprint density at radius 2 is 1.69 bits per heavy atom. The van der Waals surface area contributed by atoms with E-state index in [2.05, 4.69) is 5.32 Å². The van der Waals surface area contributed by atoms with Gasteiger partial charge in [0, 0.05) is 5.69 Å². The van der Waals surface area contributed by atoms with E-state index in [4.69, 9.17) is 11.6 Å². The summed E-state index contributed by atoms with van der Waals surface area (Å²) in [6.07, 6.45) is 0. The van der Waals surface area contributed by atoms with Gasteiger partial charge in [-0.1, -0.05) is 17.7 Å². The Bertz CT molecular complexity index is 514. The molecule has 2 aromatic carbocycles. The highest BCUT2D eigenvalue weighted by Gasteiger charge is 2.02. The van der Waals surface area contributed by atoms with Crippen LogP contribution in [0.5, 0.6) is 0 Å². The van der Waals surface area contributed by atoms with E-state index >= 15 is 0 Å². The van der Waals surface area contributed by atoms with Crippen LogP contribution in [0.15, 0.2) is 42.5 Å². The van der Waals surface area contributed by atoms with Gasteiger partial charge in [0.05, 0.1) is 10.7 Å². The molecule has 4 heteroatoms. The molecule has 0 aliphatic carbocycles. The fraction of sp³-hybridized carbons (Fsp3) is 0. The number of halogens is 3. The van der Waals surface area contributed by atoms with Gasteiger partial charge in [-0.2, -0.15) is 0 Å². The van der Waals surface area contributed by atoms with Crippen LogP contribution < -0.4 is 5.32 Å². The van der Waals surface area contributed by atoms with E-state index in [1.54, 1.807) is 12.1 Å². The number of hydrogen-bond acceptors (Lipinski definition) is 1. The van der Waals surface area contributed by atoms with Crippen molar-refractivity contribution in [3.63, 3.8) is 0 Å². The largest absolute Gasteiger partial charge is 0.354 e. The molecule has 0 saturated heterocycles. The van der Waals surface area contributed by atoms with Gasteiger partial charge in [-0.15, -0.1) is 0 Å². The molecule has 0 fully saturated rings. The van der Waals surface area contributed by atoms with E-state index < -0.39 is 5.82 Å². The average Bonchev–Trinajstić information content (AvgIpc) is 2.24. The average molecular weight is 240 g/mol. The molecule has 0 unspecified atom stereocenters. The maximum absolute atomic E-state index is 13.0. The van der Waals surface area contributed by atoms with Gasteiger partial charge < -0.3 is 5.32 Å². The van der Waals surface area contributed by atoms with E-state index in [9.17, 15) is 8.78 Å². The van der Waals surface area contributed by atoms with Crippen molar-refractivity contribution < 1.29 is 8.78 Å². The van der Waals surface area contributed by atoms with Crippen LogP contribution in [0, 0.1) is 11.6 Å². The molecule has 0 aromatic heterocycles. The van der Waals surface area contributed by atoms with Crippen molar-refractivity contribution in [2.45, 2.75) is 0 Å². The summed E-state index contributed by atoms with van der Waals surface area (Å²) in [5.41, 5.74) is 0.930. The van der Waals surface area contributed by atoms with E-state index in [1.165, 1.54) is 30.3 Å². The van der Waals surface area contributed by atoms with Crippen molar-refractivity contribution in [1.29, 1.82) is 0 Å². The van der Waals surface area contributed by atoms with Crippen molar-refractivity contribution in [2.75, 3.05) is 5.32 Å². The van der Waals surface area contributed by atoms with E-state index in [0.29, 0.717) is 16.4 Å². The highest BCUT2D eigenvalue weighted by atomic mass is 35.5. The third-order valence-corrected chi connectivity index (χ3v) is 2.36. The molecule has 0 bridgehead atoms. The van der Waals surface area contributed by atoms with Crippen LogP contribution >= 0.6 is 11.6 Å². The first-order valence-electron chi connectivity index (χ1n) is 4.63. The van der Waals surface area contributed by atoms with Crippen LogP contribution in [0.25, 0.3) is 0 Å². The summed E-state index contributed by atoms with van der Waals surface area (Å²) in [4.78, 5) is 0. The Morgan fingerprint density at radius 3 is 2.44 bits per heavy atom. The predicted molar refractivity (Wildman–Crippen MR) is 61.1 cm³/mol. The van der Waals surface area contributed by atoms with Crippen LogP contribution in [0.1, 0.15) is 0 Å². The number of rotatable bonds is 2. The van der Waals surface area contributed by atoms with E-state index in [0.717, 1.165) is 0 Å². The molecule has 0 radical (unpaired) electrons. The summed E-state index contributed by atoms with van der Waals surface area (Å²) < 4.78 is 25.9. The molecular weight excluding hydrogens is 232 g/mol. The minimum absolute atomic E-state index is 0.363. The van der Waals surface area contributed by atoms with Gasteiger partial charge in [0.25, 0.3) is 0 Å². The third-order valence-electron chi connectivity index (χ3n) is 2.03. The second kappa shape index (κ2) is 4.49. The molecule has 0 saturated carbocycles. The molecule has 1 nitrogen and oxygen atoms in total. The fourth-order valence-corrected chi connectivity index (χ4v) is 1.48. The molecule has 16 heavy (non-hydrogen) atoms. The third kappa shape index (κ3) is 2.49. The second-order valence-electron chi connectivity index (χ2n) is 3.26. The molecule has 0 heterocycles. The van der Waals surface area contributed by atoms with Crippen molar-refractivity contribution in [3.8, 4) is 0 Å². The Hall–Kier alpha value is -1.61. The molecule has 0 spiro atoms. The molecule has 0 aliphatic heterocycles. The van der Waals surface area contributed by atoms with Crippen molar-refractivity contribution >= 4 is 23.0 Å². The topological polar surface area (TPSA) is 12.0 Å². The maximum atomic E-state index is 13.0. The molecule has 0 amide bonds. The first-order valence-corrected chi connectivity index (χ1v) is 5.00. The Balaban J connectivity index is 2.30. The zero-order valence-electron chi connectivity index (χ0n) is 8.18. The van der Waals surface area contributed by atoms with E-state index in [1.807, 2.05) is 0 Å². The predicted octanol–water partition coefficient (Wildman–Crippen LogP) is 4.36. The Morgan fingerprint density at radius 1 is 0.938 bits per heavy atom.